The number of aryl methyl sites for hydroxylation is 1. The highest BCUT2D eigenvalue weighted by atomic mass is 32.1. The van der Waals surface area contributed by atoms with Gasteiger partial charge in [0.25, 0.3) is 5.91 Å². The molecular formula is C18H18N4O3S. The largest absolute Gasteiger partial charge is 0.368 e. The van der Waals surface area contributed by atoms with E-state index in [-0.39, 0.29) is 18.4 Å². The van der Waals surface area contributed by atoms with Crippen molar-refractivity contribution in [1.82, 2.24) is 9.88 Å². The number of benzene rings is 1. The molecule has 0 aliphatic carbocycles. The lowest BCUT2D eigenvalue weighted by Gasteiger charge is -2.24. The zero-order valence-electron chi connectivity index (χ0n) is 14.3. The first kappa shape index (κ1) is 16.7. The van der Waals surface area contributed by atoms with E-state index in [0.717, 1.165) is 5.56 Å². The highest BCUT2D eigenvalue weighted by molar-refractivity contribution is 7.11. The SMILES string of the molecule is Cc1ncsc1C(=O)N1CC[C@@]2(C1)C(=O)N(CC(N)=O)c1ccccc12. The molecule has 1 fully saturated rings. The van der Waals surface area contributed by atoms with Crippen LogP contribution in [0.1, 0.15) is 27.3 Å². The molecule has 2 aromatic rings. The second-order valence-corrected chi connectivity index (χ2v) is 7.56. The number of anilines is 1. The molecule has 4 rings (SSSR count). The number of carbonyl (C=O) groups is 3. The molecule has 1 aromatic heterocycles. The van der Waals surface area contributed by atoms with E-state index in [1.807, 2.05) is 24.3 Å². The van der Waals surface area contributed by atoms with Crippen molar-refractivity contribution in [2.75, 3.05) is 24.5 Å². The predicted molar refractivity (Wildman–Crippen MR) is 97.0 cm³/mol. The average molecular weight is 370 g/mol. The lowest BCUT2D eigenvalue weighted by Crippen LogP contribution is -2.45. The molecule has 1 spiro atoms. The maximum Gasteiger partial charge on any atom is 0.265 e. The number of nitrogens with two attached hydrogens (primary N) is 1. The van der Waals surface area contributed by atoms with E-state index < -0.39 is 11.3 Å². The Morgan fingerprint density at radius 3 is 2.81 bits per heavy atom. The van der Waals surface area contributed by atoms with Crippen LogP contribution in [0.15, 0.2) is 29.8 Å². The Hall–Kier alpha value is -2.74. The van der Waals surface area contributed by atoms with Crippen LogP contribution >= 0.6 is 11.3 Å². The lowest BCUT2D eigenvalue weighted by molar-refractivity contribution is -0.125. The molecule has 7 nitrogen and oxygen atoms in total. The minimum absolute atomic E-state index is 0.0968. The lowest BCUT2D eigenvalue weighted by atomic mass is 9.81. The number of aromatic nitrogens is 1. The van der Waals surface area contributed by atoms with Gasteiger partial charge in [-0.1, -0.05) is 18.2 Å². The number of nitrogens with zero attached hydrogens (tertiary/aromatic N) is 3. The van der Waals surface area contributed by atoms with Crippen LogP contribution in [-0.2, 0) is 15.0 Å². The first-order chi connectivity index (χ1) is 12.4. The minimum Gasteiger partial charge on any atom is -0.368 e. The van der Waals surface area contributed by atoms with Crippen LogP contribution in [0.25, 0.3) is 0 Å². The number of fused-ring (bicyclic) bond motifs is 2. The summed E-state index contributed by atoms with van der Waals surface area (Å²) < 4.78 is 0. The summed E-state index contributed by atoms with van der Waals surface area (Å²) in [7, 11) is 0. The van der Waals surface area contributed by atoms with Crippen molar-refractivity contribution >= 4 is 34.7 Å². The summed E-state index contributed by atoms with van der Waals surface area (Å²) in [6.45, 7) is 2.44. The molecule has 26 heavy (non-hydrogen) atoms. The zero-order chi connectivity index (χ0) is 18.5. The number of hydrogen-bond donors (Lipinski definition) is 1. The summed E-state index contributed by atoms with van der Waals surface area (Å²) in [5, 5.41) is 0. The molecule has 0 unspecified atom stereocenters. The van der Waals surface area contributed by atoms with Crippen LogP contribution in [0.2, 0.25) is 0 Å². The minimum atomic E-state index is -0.805. The fourth-order valence-electron chi connectivity index (χ4n) is 3.94. The number of thiazole rings is 1. The van der Waals surface area contributed by atoms with Crippen molar-refractivity contribution in [1.29, 1.82) is 0 Å². The Bertz CT molecular complexity index is 925. The Kier molecular flexibility index (Phi) is 3.80. The normalized spacial score (nSPS) is 21.5. The van der Waals surface area contributed by atoms with Crippen molar-refractivity contribution in [3.63, 3.8) is 0 Å². The maximum atomic E-state index is 13.2. The summed E-state index contributed by atoms with van der Waals surface area (Å²) in [4.78, 5) is 45.4. The molecule has 134 valence electrons. The predicted octanol–water partition coefficient (Wildman–Crippen LogP) is 1.07. The molecule has 8 heteroatoms. The van der Waals surface area contributed by atoms with Crippen molar-refractivity contribution in [2.24, 2.45) is 5.73 Å². The molecule has 3 heterocycles. The third-order valence-corrected chi connectivity index (χ3v) is 6.09. The molecule has 3 amide bonds. The van der Waals surface area contributed by atoms with Gasteiger partial charge in [0.1, 0.15) is 11.4 Å². The van der Waals surface area contributed by atoms with Crippen molar-refractivity contribution in [2.45, 2.75) is 18.8 Å². The Morgan fingerprint density at radius 1 is 1.35 bits per heavy atom. The molecular weight excluding hydrogens is 352 g/mol. The third kappa shape index (κ3) is 2.33. The van der Waals surface area contributed by atoms with Crippen LogP contribution in [0.5, 0.6) is 0 Å². The van der Waals surface area contributed by atoms with Gasteiger partial charge in [-0.05, 0) is 25.0 Å². The van der Waals surface area contributed by atoms with E-state index in [9.17, 15) is 14.4 Å². The fourth-order valence-corrected chi connectivity index (χ4v) is 4.71. The van der Waals surface area contributed by atoms with E-state index >= 15 is 0 Å². The van der Waals surface area contributed by atoms with Crippen molar-refractivity contribution < 1.29 is 14.4 Å². The molecule has 1 atom stereocenters. The average Bonchev–Trinajstić information content (AvgIpc) is 3.30. The summed E-state index contributed by atoms with van der Waals surface area (Å²) in [5.41, 5.74) is 8.45. The monoisotopic (exact) mass is 370 g/mol. The van der Waals surface area contributed by atoms with Crippen molar-refractivity contribution in [3.8, 4) is 0 Å². The van der Waals surface area contributed by atoms with Gasteiger partial charge in [0.15, 0.2) is 0 Å². The summed E-state index contributed by atoms with van der Waals surface area (Å²) in [6.07, 6.45) is 0.529. The Morgan fingerprint density at radius 2 is 2.12 bits per heavy atom. The van der Waals surface area contributed by atoms with Crippen molar-refractivity contribution in [3.05, 3.63) is 45.9 Å². The topological polar surface area (TPSA) is 96.6 Å². The second kappa shape index (κ2) is 5.91. The standard InChI is InChI=1S/C18H18N4O3S/c1-11-15(26-10-20-11)16(24)21-7-6-18(9-21)12-4-2-3-5-13(12)22(17(18)25)8-14(19)23/h2-5,10H,6-9H2,1H3,(H2,19,23)/t18-/m0/s1. The van der Waals surface area contributed by atoms with Gasteiger partial charge < -0.3 is 15.5 Å². The summed E-state index contributed by atoms with van der Waals surface area (Å²) >= 11 is 1.31. The van der Waals surface area contributed by atoms with Gasteiger partial charge in [-0.3, -0.25) is 14.4 Å². The van der Waals surface area contributed by atoms with Crippen LogP contribution < -0.4 is 10.6 Å². The fraction of sp³-hybridized carbons (Fsp3) is 0.333. The van der Waals surface area contributed by atoms with Crippen LogP contribution in [0.4, 0.5) is 5.69 Å². The molecule has 1 aromatic carbocycles. The smallest absolute Gasteiger partial charge is 0.265 e. The van der Waals surface area contributed by atoms with Gasteiger partial charge in [0.05, 0.1) is 16.6 Å². The number of amides is 3. The summed E-state index contributed by atoms with van der Waals surface area (Å²) in [6, 6.07) is 7.43. The van der Waals surface area contributed by atoms with Gasteiger partial charge in [0, 0.05) is 18.8 Å². The molecule has 2 aliphatic rings. The highest BCUT2D eigenvalue weighted by Crippen LogP contribution is 2.47. The van der Waals surface area contributed by atoms with Gasteiger partial charge in [0.2, 0.25) is 11.8 Å². The molecule has 2 aliphatic heterocycles. The van der Waals surface area contributed by atoms with Gasteiger partial charge in [-0.15, -0.1) is 11.3 Å². The first-order valence-corrected chi connectivity index (χ1v) is 9.21. The van der Waals surface area contributed by atoms with Gasteiger partial charge in [-0.2, -0.15) is 0 Å². The van der Waals surface area contributed by atoms with Crippen LogP contribution in [0.3, 0.4) is 0 Å². The number of carbonyl (C=O) groups excluding carboxylic acids is 3. The maximum absolute atomic E-state index is 13.2. The number of rotatable bonds is 3. The van der Waals surface area contributed by atoms with Crippen LogP contribution in [-0.4, -0.2) is 47.2 Å². The van der Waals surface area contributed by atoms with Crippen LogP contribution in [0, 0.1) is 6.92 Å². The third-order valence-electron chi connectivity index (χ3n) is 5.18. The number of likely N-dealkylation sites (tertiary alicyclic amines) is 1. The summed E-state index contributed by atoms with van der Waals surface area (Å²) in [5.74, 6) is -0.814. The zero-order valence-corrected chi connectivity index (χ0v) is 15.1. The Labute approximate surface area is 154 Å². The molecule has 0 saturated carbocycles. The molecule has 0 bridgehead atoms. The van der Waals surface area contributed by atoms with E-state index in [0.29, 0.717) is 35.8 Å². The van der Waals surface area contributed by atoms with E-state index in [1.165, 1.54) is 16.2 Å². The molecule has 1 saturated heterocycles. The van der Waals surface area contributed by atoms with Gasteiger partial charge >= 0.3 is 0 Å². The van der Waals surface area contributed by atoms with E-state index in [1.54, 1.807) is 17.3 Å². The molecule has 2 N–H and O–H groups in total. The van der Waals surface area contributed by atoms with Gasteiger partial charge in [-0.25, -0.2) is 4.98 Å². The highest BCUT2D eigenvalue weighted by Gasteiger charge is 2.55. The molecule has 0 radical (unpaired) electrons. The van der Waals surface area contributed by atoms with E-state index in [2.05, 4.69) is 4.98 Å². The number of primary amides is 1. The first-order valence-electron chi connectivity index (χ1n) is 8.33. The quantitative estimate of drug-likeness (QED) is 0.874. The number of para-hydroxylation sites is 1. The second-order valence-electron chi connectivity index (χ2n) is 6.70. The van der Waals surface area contributed by atoms with E-state index in [4.69, 9.17) is 5.73 Å². The number of hydrogen-bond acceptors (Lipinski definition) is 5. The Balaban J connectivity index is 1.69.